The Morgan fingerprint density at radius 3 is 2.44 bits per heavy atom. The van der Waals surface area contributed by atoms with Gasteiger partial charge >= 0.3 is 0 Å². The summed E-state index contributed by atoms with van der Waals surface area (Å²) in [5.41, 5.74) is 11.7. The number of hydrogen-bond acceptors (Lipinski definition) is 4. The van der Waals surface area contributed by atoms with Crippen LogP contribution in [0.25, 0.3) is 0 Å². The number of pyridine rings is 1. The molecule has 0 saturated carbocycles. The summed E-state index contributed by atoms with van der Waals surface area (Å²) in [7, 11) is 1.94. The Bertz CT molecular complexity index is 451. The summed E-state index contributed by atoms with van der Waals surface area (Å²) in [6.45, 7) is 8.57. The van der Waals surface area contributed by atoms with Crippen molar-refractivity contribution in [3.63, 3.8) is 0 Å². The largest absolute Gasteiger partial charge is 0.397 e. The molecule has 0 saturated heterocycles. The second kappa shape index (κ2) is 4.84. The number of nitrogens with two attached hydrogens (primary N) is 2. The van der Waals surface area contributed by atoms with E-state index in [-0.39, 0.29) is 11.5 Å². The zero-order valence-electron chi connectivity index (χ0n) is 11.7. The van der Waals surface area contributed by atoms with Gasteiger partial charge in [-0.25, -0.2) is 4.98 Å². The molecule has 0 aromatic carbocycles. The van der Waals surface area contributed by atoms with E-state index in [4.69, 9.17) is 11.5 Å². The third-order valence-electron chi connectivity index (χ3n) is 3.38. The zero-order chi connectivity index (χ0) is 14.1. The fourth-order valence-electron chi connectivity index (χ4n) is 1.64. The Labute approximate surface area is 108 Å². The van der Waals surface area contributed by atoms with E-state index in [0.717, 1.165) is 0 Å². The lowest BCUT2D eigenvalue weighted by atomic mass is 9.87. The first kappa shape index (κ1) is 14.3. The SMILES string of the molecule is CC(N(C)c1cc(C(N)=O)c(N)cn1)C(C)(C)C. The van der Waals surface area contributed by atoms with Crippen molar-refractivity contribution in [2.24, 2.45) is 11.1 Å². The first-order valence-corrected chi connectivity index (χ1v) is 5.92. The Morgan fingerprint density at radius 2 is 2.00 bits per heavy atom. The van der Waals surface area contributed by atoms with Gasteiger partial charge in [0.15, 0.2) is 0 Å². The number of hydrogen-bond donors (Lipinski definition) is 2. The maximum atomic E-state index is 11.3. The Balaban J connectivity index is 3.11. The maximum absolute atomic E-state index is 11.3. The second-order valence-corrected chi connectivity index (χ2v) is 5.65. The summed E-state index contributed by atoms with van der Waals surface area (Å²) >= 11 is 0. The highest BCUT2D eigenvalue weighted by Gasteiger charge is 2.25. The average molecular weight is 250 g/mol. The van der Waals surface area contributed by atoms with Crippen LogP contribution < -0.4 is 16.4 Å². The molecule has 4 N–H and O–H groups in total. The highest BCUT2D eigenvalue weighted by molar-refractivity contribution is 5.98. The van der Waals surface area contributed by atoms with Crippen LogP contribution in [0.15, 0.2) is 12.3 Å². The van der Waals surface area contributed by atoms with Crippen molar-refractivity contribution in [1.29, 1.82) is 0 Å². The molecule has 1 unspecified atom stereocenters. The lowest BCUT2D eigenvalue weighted by molar-refractivity contribution is 0.100. The lowest BCUT2D eigenvalue weighted by Crippen LogP contribution is -2.40. The monoisotopic (exact) mass is 250 g/mol. The maximum Gasteiger partial charge on any atom is 0.250 e. The van der Waals surface area contributed by atoms with Crippen molar-refractivity contribution < 1.29 is 4.79 Å². The van der Waals surface area contributed by atoms with E-state index in [9.17, 15) is 4.79 Å². The molecule has 0 fully saturated rings. The normalized spacial score (nSPS) is 13.2. The second-order valence-electron chi connectivity index (χ2n) is 5.65. The van der Waals surface area contributed by atoms with Gasteiger partial charge < -0.3 is 16.4 Å². The molecule has 1 atom stereocenters. The van der Waals surface area contributed by atoms with Crippen molar-refractivity contribution >= 4 is 17.4 Å². The number of nitrogens with zero attached hydrogens (tertiary/aromatic N) is 2. The van der Waals surface area contributed by atoms with Crippen LogP contribution in [0.1, 0.15) is 38.1 Å². The van der Waals surface area contributed by atoms with Gasteiger partial charge in [0, 0.05) is 13.1 Å². The molecule has 1 aromatic heterocycles. The predicted octanol–water partition coefficient (Wildman–Crippen LogP) is 1.63. The molecule has 5 heteroatoms. The van der Waals surface area contributed by atoms with Gasteiger partial charge in [-0.05, 0) is 18.4 Å². The summed E-state index contributed by atoms with van der Waals surface area (Å²) in [6.07, 6.45) is 1.47. The van der Waals surface area contributed by atoms with E-state index in [1.165, 1.54) is 6.20 Å². The van der Waals surface area contributed by atoms with Crippen LogP contribution in [-0.4, -0.2) is 24.0 Å². The molecule has 1 rings (SSSR count). The minimum atomic E-state index is -0.534. The first-order valence-electron chi connectivity index (χ1n) is 5.92. The standard InChI is InChI=1S/C13H22N4O/c1-8(13(2,3)4)17(5)11-6-9(12(15)18)10(14)7-16-11/h6-8H,14H2,1-5H3,(H2,15,18). The predicted molar refractivity (Wildman–Crippen MR) is 74.5 cm³/mol. The Hall–Kier alpha value is -1.78. The molecular formula is C13H22N4O. The molecule has 0 spiro atoms. The summed E-state index contributed by atoms with van der Waals surface area (Å²) in [4.78, 5) is 17.5. The molecule has 1 amide bonds. The van der Waals surface area contributed by atoms with Gasteiger partial charge in [-0.15, -0.1) is 0 Å². The van der Waals surface area contributed by atoms with Crippen molar-refractivity contribution in [1.82, 2.24) is 4.98 Å². The van der Waals surface area contributed by atoms with Gasteiger partial charge in [-0.2, -0.15) is 0 Å². The van der Waals surface area contributed by atoms with E-state index in [2.05, 4.69) is 32.7 Å². The third kappa shape index (κ3) is 2.91. The van der Waals surface area contributed by atoms with E-state index < -0.39 is 5.91 Å². The van der Waals surface area contributed by atoms with Crippen LogP contribution in [0.5, 0.6) is 0 Å². The summed E-state index contributed by atoms with van der Waals surface area (Å²) in [5.74, 6) is 0.161. The average Bonchev–Trinajstić information content (AvgIpc) is 2.26. The van der Waals surface area contributed by atoms with Crippen LogP contribution in [-0.2, 0) is 0 Å². The highest BCUT2D eigenvalue weighted by atomic mass is 16.1. The molecule has 0 aliphatic rings. The Morgan fingerprint density at radius 1 is 1.44 bits per heavy atom. The number of rotatable bonds is 3. The van der Waals surface area contributed by atoms with Gasteiger partial charge in [0.25, 0.3) is 5.91 Å². The van der Waals surface area contributed by atoms with E-state index in [0.29, 0.717) is 17.1 Å². The van der Waals surface area contributed by atoms with Crippen molar-refractivity contribution in [2.45, 2.75) is 33.7 Å². The molecule has 0 bridgehead atoms. The molecule has 1 heterocycles. The van der Waals surface area contributed by atoms with Gasteiger partial charge in [-0.1, -0.05) is 20.8 Å². The van der Waals surface area contributed by atoms with E-state index in [1.54, 1.807) is 6.07 Å². The van der Waals surface area contributed by atoms with Crippen LogP contribution in [0.4, 0.5) is 11.5 Å². The number of primary amides is 1. The third-order valence-corrected chi connectivity index (χ3v) is 3.38. The van der Waals surface area contributed by atoms with Crippen LogP contribution in [0, 0.1) is 5.41 Å². The first-order chi connectivity index (χ1) is 8.14. The van der Waals surface area contributed by atoms with Crippen LogP contribution in [0.2, 0.25) is 0 Å². The minimum absolute atomic E-state index is 0.102. The van der Waals surface area contributed by atoms with Crippen molar-refractivity contribution in [3.8, 4) is 0 Å². The van der Waals surface area contributed by atoms with Gasteiger partial charge in [-0.3, -0.25) is 4.79 Å². The molecule has 100 valence electrons. The van der Waals surface area contributed by atoms with E-state index in [1.807, 2.05) is 11.9 Å². The lowest BCUT2D eigenvalue weighted by Gasteiger charge is -2.36. The molecular weight excluding hydrogens is 228 g/mol. The number of amides is 1. The number of aromatic nitrogens is 1. The fraction of sp³-hybridized carbons (Fsp3) is 0.538. The minimum Gasteiger partial charge on any atom is -0.397 e. The quantitative estimate of drug-likeness (QED) is 0.853. The molecule has 5 nitrogen and oxygen atoms in total. The van der Waals surface area contributed by atoms with Crippen molar-refractivity contribution in [2.75, 3.05) is 17.7 Å². The summed E-state index contributed by atoms with van der Waals surface area (Å²) < 4.78 is 0. The van der Waals surface area contributed by atoms with Crippen LogP contribution >= 0.6 is 0 Å². The summed E-state index contributed by atoms with van der Waals surface area (Å²) in [6, 6.07) is 1.90. The highest BCUT2D eigenvalue weighted by Crippen LogP contribution is 2.27. The number of nitrogen functional groups attached to an aromatic ring is 1. The van der Waals surface area contributed by atoms with Gasteiger partial charge in [0.05, 0.1) is 17.4 Å². The molecule has 0 aliphatic carbocycles. The number of carbonyl (C=O) groups excluding carboxylic acids is 1. The topological polar surface area (TPSA) is 85.2 Å². The van der Waals surface area contributed by atoms with E-state index >= 15 is 0 Å². The number of carbonyl (C=O) groups is 1. The molecule has 0 aliphatic heterocycles. The van der Waals surface area contributed by atoms with Crippen LogP contribution in [0.3, 0.4) is 0 Å². The summed E-state index contributed by atoms with van der Waals surface area (Å²) in [5, 5.41) is 0. The smallest absolute Gasteiger partial charge is 0.250 e. The Kier molecular flexibility index (Phi) is 3.84. The van der Waals surface area contributed by atoms with Gasteiger partial charge in [0.2, 0.25) is 0 Å². The van der Waals surface area contributed by atoms with Gasteiger partial charge in [0.1, 0.15) is 5.82 Å². The fourth-order valence-corrected chi connectivity index (χ4v) is 1.64. The molecule has 0 radical (unpaired) electrons. The number of anilines is 2. The van der Waals surface area contributed by atoms with Crippen molar-refractivity contribution in [3.05, 3.63) is 17.8 Å². The zero-order valence-corrected chi connectivity index (χ0v) is 11.7. The molecule has 18 heavy (non-hydrogen) atoms. The molecule has 1 aromatic rings.